The summed E-state index contributed by atoms with van der Waals surface area (Å²) in [5.41, 5.74) is 17.4. The number of hydrogen-bond acceptors (Lipinski definition) is 6. The Bertz CT molecular complexity index is 1160. The Kier molecular flexibility index (Phi) is 4.37. The molecular weight excluding hydrogens is 406 g/mol. The van der Waals surface area contributed by atoms with Crippen molar-refractivity contribution in [2.75, 3.05) is 18.6 Å². The molecule has 0 saturated carbocycles. The molecule has 2 aromatic heterocycles. The van der Waals surface area contributed by atoms with Gasteiger partial charge in [0.2, 0.25) is 0 Å². The van der Waals surface area contributed by atoms with Gasteiger partial charge in [0.15, 0.2) is 5.65 Å². The fraction of sp³-hybridized carbons (Fsp3) is 0.0500. The Morgan fingerprint density at radius 1 is 0.963 bits per heavy atom. The van der Waals surface area contributed by atoms with E-state index in [1.165, 1.54) is 6.33 Å². The molecule has 0 unspecified atom stereocenters. The van der Waals surface area contributed by atoms with Crippen LogP contribution in [-0.2, 0) is 0 Å². The molecule has 0 aliphatic rings. The molecule has 0 fully saturated rings. The molecular formula is C20H16BrN5O. The Balaban J connectivity index is 1.96. The monoisotopic (exact) mass is 421 g/mol. The smallest absolute Gasteiger partial charge is 0.163 e. The van der Waals surface area contributed by atoms with Gasteiger partial charge in [-0.1, -0.05) is 6.07 Å². The first-order valence-corrected chi connectivity index (χ1v) is 8.96. The predicted molar refractivity (Wildman–Crippen MR) is 111 cm³/mol. The third-order valence-electron chi connectivity index (χ3n) is 4.33. The zero-order valence-corrected chi connectivity index (χ0v) is 16.1. The van der Waals surface area contributed by atoms with Crippen LogP contribution in [0, 0.1) is 0 Å². The maximum Gasteiger partial charge on any atom is 0.163 e. The molecule has 2 heterocycles. The maximum absolute atomic E-state index is 6.07. The van der Waals surface area contributed by atoms with E-state index in [-0.39, 0.29) is 0 Å². The highest BCUT2D eigenvalue weighted by Crippen LogP contribution is 2.35. The van der Waals surface area contributed by atoms with E-state index in [9.17, 15) is 0 Å². The minimum Gasteiger partial charge on any atom is -0.495 e. The molecule has 4 N–H and O–H groups in total. The van der Waals surface area contributed by atoms with Gasteiger partial charge in [-0.2, -0.15) is 0 Å². The third-order valence-corrected chi connectivity index (χ3v) is 5.01. The van der Waals surface area contributed by atoms with Gasteiger partial charge in [0, 0.05) is 27.3 Å². The minimum atomic E-state index is 0.552. The molecule has 2 aromatic carbocycles. The van der Waals surface area contributed by atoms with Crippen molar-refractivity contribution >= 4 is 38.3 Å². The van der Waals surface area contributed by atoms with Crippen molar-refractivity contribution < 1.29 is 4.74 Å². The molecule has 0 radical (unpaired) electrons. The standard InChI is InChI=1S/C20H16BrN5O/c1-27-19-5-3-12(7-17(19)23)18-8-13(11-2-4-16(22)15(21)6-11)14-9-24-10-25-20(14)26-18/h2-10H,22-23H2,1H3. The normalized spacial score (nSPS) is 10.9. The van der Waals surface area contributed by atoms with E-state index < -0.39 is 0 Å². The molecule has 27 heavy (non-hydrogen) atoms. The van der Waals surface area contributed by atoms with E-state index in [1.807, 2.05) is 42.5 Å². The van der Waals surface area contributed by atoms with Gasteiger partial charge in [-0.25, -0.2) is 15.0 Å². The Morgan fingerprint density at radius 3 is 2.52 bits per heavy atom. The zero-order valence-electron chi connectivity index (χ0n) is 14.5. The largest absolute Gasteiger partial charge is 0.495 e. The second kappa shape index (κ2) is 6.85. The number of ether oxygens (including phenoxy) is 1. The number of fused-ring (bicyclic) bond motifs is 1. The summed E-state index contributed by atoms with van der Waals surface area (Å²) in [4.78, 5) is 13.2. The average Bonchev–Trinajstić information content (AvgIpc) is 2.69. The number of rotatable bonds is 3. The molecule has 0 bridgehead atoms. The van der Waals surface area contributed by atoms with Crippen LogP contribution in [-0.4, -0.2) is 22.1 Å². The topological polar surface area (TPSA) is 99.9 Å². The van der Waals surface area contributed by atoms with Crippen molar-refractivity contribution in [3.63, 3.8) is 0 Å². The third kappa shape index (κ3) is 3.17. The van der Waals surface area contributed by atoms with Crippen LogP contribution in [0.1, 0.15) is 0 Å². The van der Waals surface area contributed by atoms with Crippen molar-refractivity contribution in [3.05, 3.63) is 59.5 Å². The molecule has 7 heteroatoms. The quantitative estimate of drug-likeness (QED) is 0.478. The van der Waals surface area contributed by atoms with Crippen LogP contribution in [0.4, 0.5) is 11.4 Å². The van der Waals surface area contributed by atoms with Crippen LogP contribution in [0.5, 0.6) is 5.75 Å². The van der Waals surface area contributed by atoms with Crippen molar-refractivity contribution in [1.82, 2.24) is 15.0 Å². The highest BCUT2D eigenvalue weighted by atomic mass is 79.9. The fourth-order valence-corrected chi connectivity index (χ4v) is 3.32. The van der Waals surface area contributed by atoms with E-state index in [2.05, 4.69) is 30.9 Å². The first-order chi connectivity index (χ1) is 13.1. The number of anilines is 2. The number of halogens is 1. The van der Waals surface area contributed by atoms with Crippen LogP contribution in [0.25, 0.3) is 33.4 Å². The lowest BCUT2D eigenvalue weighted by molar-refractivity contribution is 0.417. The number of nitrogens with two attached hydrogens (primary N) is 2. The molecule has 6 nitrogen and oxygen atoms in total. The van der Waals surface area contributed by atoms with Gasteiger partial charge < -0.3 is 16.2 Å². The zero-order chi connectivity index (χ0) is 19.0. The number of methoxy groups -OCH3 is 1. The number of hydrogen-bond donors (Lipinski definition) is 2. The van der Waals surface area contributed by atoms with Crippen LogP contribution in [0.3, 0.4) is 0 Å². The lowest BCUT2D eigenvalue weighted by atomic mass is 10.00. The number of pyridine rings is 1. The summed E-state index contributed by atoms with van der Waals surface area (Å²) in [6.45, 7) is 0. The summed E-state index contributed by atoms with van der Waals surface area (Å²) in [6.07, 6.45) is 3.26. The van der Waals surface area contributed by atoms with Crippen LogP contribution in [0.15, 0.2) is 59.5 Å². The second-order valence-electron chi connectivity index (χ2n) is 6.01. The first-order valence-electron chi connectivity index (χ1n) is 8.17. The summed E-state index contributed by atoms with van der Waals surface area (Å²) in [5.74, 6) is 0.629. The van der Waals surface area contributed by atoms with Gasteiger partial charge in [0.05, 0.1) is 18.5 Å². The molecule has 0 amide bonds. The summed E-state index contributed by atoms with van der Waals surface area (Å²) < 4.78 is 6.07. The van der Waals surface area contributed by atoms with Gasteiger partial charge in [-0.05, 0) is 63.5 Å². The molecule has 4 aromatic rings. The molecule has 0 aliphatic carbocycles. The maximum atomic E-state index is 6.07. The highest BCUT2D eigenvalue weighted by molar-refractivity contribution is 9.10. The van der Waals surface area contributed by atoms with Crippen molar-refractivity contribution in [2.24, 2.45) is 0 Å². The van der Waals surface area contributed by atoms with Crippen LogP contribution in [0.2, 0.25) is 0 Å². The number of nitrogen functional groups attached to an aromatic ring is 2. The molecule has 134 valence electrons. The molecule has 4 rings (SSSR count). The number of aromatic nitrogens is 3. The lowest BCUT2D eigenvalue weighted by Crippen LogP contribution is -1.96. The van der Waals surface area contributed by atoms with Crippen LogP contribution < -0.4 is 16.2 Å². The summed E-state index contributed by atoms with van der Waals surface area (Å²) in [7, 11) is 1.59. The SMILES string of the molecule is COc1ccc(-c2cc(-c3ccc(N)c(Br)c3)c3cncnc3n2)cc1N. The van der Waals surface area contributed by atoms with E-state index >= 15 is 0 Å². The van der Waals surface area contributed by atoms with Crippen molar-refractivity contribution in [2.45, 2.75) is 0 Å². The molecule has 0 saturated heterocycles. The van der Waals surface area contributed by atoms with E-state index in [0.29, 0.717) is 22.8 Å². The number of benzene rings is 2. The Hall–Kier alpha value is -3.19. The summed E-state index contributed by atoms with van der Waals surface area (Å²) >= 11 is 3.49. The minimum absolute atomic E-state index is 0.552. The van der Waals surface area contributed by atoms with Gasteiger partial charge >= 0.3 is 0 Å². The number of nitrogens with zero attached hydrogens (tertiary/aromatic N) is 3. The van der Waals surface area contributed by atoms with Crippen molar-refractivity contribution in [1.29, 1.82) is 0 Å². The summed E-state index contributed by atoms with van der Waals surface area (Å²) in [5, 5.41) is 0.861. The van der Waals surface area contributed by atoms with Gasteiger partial charge in [0.25, 0.3) is 0 Å². The highest BCUT2D eigenvalue weighted by Gasteiger charge is 2.12. The van der Waals surface area contributed by atoms with Gasteiger partial charge in [-0.3, -0.25) is 0 Å². The van der Waals surface area contributed by atoms with Gasteiger partial charge in [0.1, 0.15) is 12.1 Å². The molecule has 0 atom stereocenters. The van der Waals surface area contributed by atoms with E-state index in [4.69, 9.17) is 16.2 Å². The fourth-order valence-electron chi connectivity index (χ4n) is 2.94. The Morgan fingerprint density at radius 2 is 1.78 bits per heavy atom. The molecule has 0 aliphatic heterocycles. The first kappa shape index (κ1) is 17.2. The van der Waals surface area contributed by atoms with E-state index in [1.54, 1.807) is 13.3 Å². The predicted octanol–water partition coefficient (Wildman–Crippen LogP) is 4.29. The van der Waals surface area contributed by atoms with Crippen LogP contribution >= 0.6 is 15.9 Å². The second-order valence-corrected chi connectivity index (χ2v) is 6.86. The van der Waals surface area contributed by atoms with Crippen molar-refractivity contribution in [3.8, 4) is 28.1 Å². The Labute approximate surface area is 164 Å². The summed E-state index contributed by atoms with van der Waals surface area (Å²) in [6, 6.07) is 13.4. The lowest BCUT2D eigenvalue weighted by Gasteiger charge is -2.11. The van der Waals surface area contributed by atoms with Gasteiger partial charge in [-0.15, -0.1) is 0 Å². The molecule has 0 spiro atoms. The average molecular weight is 422 g/mol. The van der Waals surface area contributed by atoms with E-state index in [0.717, 1.165) is 32.2 Å².